The molecule has 1 saturated carbocycles. The number of rotatable bonds is 5. The number of amides is 2. The highest BCUT2D eigenvalue weighted by Crippen LogP contribution is 2.35. The van der Waals surface area contributed by atoms with Crippen molar-refractivity contribution in [2.75, 3.05) is 20.3 Å². The molecule has 1 unspecified atom stereocenters. The van der Waals surface area contributed by atoms with E-state index in [0.29, 0.717) is 19.6 Å². The zero-order valence-corrected chi connectivity index (χ0v) is 11.9. The molecule has 0 radical (unpaired) electrons. The lowest BCUT2D eigenvalue weighted by Crippen LogP contribution is -2.69. The van der Waals surface area contributed by atoms with Crippen LogP contribution in [0.5, 0.6) is 0 Å². The molecule has 0 aromatic carbocycles. The molecule has 2 amide bonds. The lowest BCUT2D eigenvalue weighted by atomic mass is 9.90. The molecule has 0 aromatic heterocycles. The molecule has 1 atom stereocenters. The fourth-order valence-electron chi connectivity index (χ4n) is 3.29. The molecule has 2 aliphatic rings. The first-order chi connectivity index (χ1) is 9.14. The maximum atomic E-state index is 12.7. The van der Waals surface area contributed by atoms with Gasteiger partial charge in [-0.05, 0) is 25.7 Å². The van der Waals surface area contributed by atoms with E-state index in [9.17, 15) is 9.59 Å². The van der Waals surface area contributed by atoms with Gasteiger partial charge in [-0.2, -0.15) is 0 Å². The second-order valence-electron chi connectivity index (χ2n) is 5.55. The summed E-state index contributed by atoms with van der Waals surface area (Å²) < 4.78 is 5.04. The Labute approximate surface area is 114 Å². The van der Waals surface area contributed by atoms with Crippen LogP contribution in [0.4, 0.5) is 0 Å². The molecule has 1 N–H and O–H groups in total. The average Bonchev–Trinajstić information content (AvgIpc) is 2.85. The third kappa shape index (κ3) is 2.61. The fraction of sp³-hybridized carbons (Fsp3) is 0.857. The smallest absolute Gasteiger partial charge is 0.249 e. The Balaban J connectivity index is 2.14. The Morgan fingerprint density at radius 2 is 2.05 bits per heavy atom. The molecule has 2 rings (SSSR count). The summed E-state index contributed by atoms with van der Waals surface area (Å²) in [5.41, 5.74) is -0.601. The number of ether oxygens (including phenoxy) is 1. The van der Waals surface area contributed by atoms with Gasteiger partial charge >= 0.3 is 0 Å². The van der Waals surface area contributed by atoms with Gasteiger partial charge in [0.25, 0.3) is 0 Å². The van der Waals surface area contributed by atoms with Crippen molar-refractivity contribution in [3.05, 3.63) is 0 Å². The van der Waals surface area contributed by atoms with Crippen molar-refractivity contribution in [1.29, 1.82) is 0 Å². The number of carbonyl (C=O) groups excluding carboxylic acids is 2. The minimum atomic E-state index is -0.601. The molecule has 1 saturated heterocycles. The highest BCUT2D eigenvalue weighted by atomic mass is 16.5. The second-order valence-corrected chi connectivity index (χ2v) is 5.55. The van der Waals surface area contributed by atoms with Crippen molar-refractivity contribution < 1.29 is 14.3 Å². The van der Waals surface area contributed by atoms with E-state index in [0.717, 1.165) is 32.1 Å². The van der Waals surface area contributed by atoms with Crippen LogP contribution in [0.1, 0.15) is 45.4 Å². The predicted octanol–water partition coefficient (Wildman–Crippen LogP) is 1.07. The molecule has 5 nitrogen and oxygen atoms in total. The maximum Gasteiger partial charge on any atom is 0.249 e. The highest BCUT2D eigenvalue weighted by Gasteiger charge is 2.51. The van der Waals surface area contributed by atoms with Crippen LogP contribution in [0, 0.1) is 0 Å². The van der Waals surface area contributed by atoms with Gasteiger partial charge in [0.1, 0.15) is 11.6 Å². The second kappa shape index (κ2) is 5.90. The monoisotopic (exact) mass is 268 g/mol. The fourth-order valence-corrected chi connectivity index (χ4v) is 3.29. The van der Waals surface area contributed by atoms with E-state index < -0.39 is 5.54 Å². The minimum Gasteiger partial charge on any atom is -0.385 e. The largest absolute Gasteiger partial charge is 0.385 e. The normalized spacial score (nSPS) is 26.0. The molecule has 1 spiro atoms. The standard InChI is InChI=1S/C14H24N2O3/c1-3-11-12(17)15-14(7-4-5-8-14)13(18)16(11)9-6-10-19-2/h11H,3-10H2,1-2H3,(H,15,17). The molecule has 0 aromatic rings. The van der Waals surface area contributed by atoms with Crippen molar-refractivity contribution in [1.82, 2.24) is 10.2 Å². The molecule has 19 heavy (non-hydrogen) atoms. The predicted molar refractivity (Wildman–Crippen MR) is 71.6 cm³/mol. The maximum absolute atomic E-state index is 12.7. The highest BCUT2D eigenvalue weighted by molar-refractivity contribution is 6.00. The summed E-state index contributed by atoms with van der Waals surface area (Å²) in [6, 6.07) is -0.310. The Morgan fingerprint density at radius 3 is 2.63 bits per heavy atom. The molecule has 1 aliphatic heterocycles. The number of methoxy groups -OCH3 is 1. The van der Waals surface area contributed by atoms with Crippen LogP contribution in [0.25, 0.3) is 0 Å². The van der Waals surface area contributed by atoms with Crippen LogP contribution in [-0.4, -0.2) is 48.6 Å². The van der Waals surface area contributed by atoms with Crippen molar-refractivity contribution >= 4 is 11.8 Å². The van der Waals surface area contributed by atoms with E-state index in [2.05, 4.69) is 5.32 Å². The van der Waals surface area contributed by atoms with Gasteiger partial charge in [0.05, 0.1) is 0 Å². The molecule has 1 aliphatic carbocycles. The molecular formula is C14H24N2O3. The number of nitrogens with one attached hydrogen (secondary N) is 1. The number of hydrogen-bond acceptors (Lipinski definition) is 3. The average molecular weight is 268 g/mol. The Hall–Kier alpha value is -1.10. The van der Waals surface area contributed by atoms with Gasteiger partial charge in [-0.25, -0.2) is 0 Å². The third-order valence-corrected chi connectivity index (χ3v) is 4.30. The van der Waals surface area contributed by atoms with Crippen molar-refractivity contribution in [2.45, 2.75) is 57.0 Å². The molecule has 0 bridgehead atoms. The molecule has 5 heteroatoms. The van der Waals surface area contributed by atoms with Crippen LogP contribution in [0.3, 0.4) is 0 Å². The summed E-state index contributed by atoms with van der Waals surface area (Å²) in [6.45, 7) is 3.18. The Kier molecular flexibility index (Phi) is 4.45. The Morgan fingerprint density at radius 1 is 1.37 bits per heavy atom. The van der Waals surface area contributed by atoms with Crippen LogP contribution in [0.15, 0.2) is 0 Å². The number of hydrogen-bond donors (Lipinski definition) is 1. The van der Waals surface area contributed by atoms with Crippen LogP contribution < -0.4 is 5.32 Å². The van der Waals surface area contributed by atoms with E-state index in [1.165, 1.54) is 0 Å². The van der Waals surface area contributed by atoms with E-state index in [-0.39, 0.29) is 17.9 Å². The number of nitrogens with zero attached hydrogens (tertiary/aromatic N) is 1. The SMILES string of the molecule is CCC1C(=O)NC2(CCCC2)C(=O)N1CCCOC. The summed E-state index contributed by atoms with van der Waals surface area (Å²) in [7, 11) is 1.65. The summed E-state index contributed by atoms with van der Waals surface area (Å²) in [5.74, 6) is 0.133. The molecular weight excluding hydrogens is 244 g/mol. The zero-order chi connectivity index (χ0) is 13.9. The van der Waals surface area contributed by atoms with Crippen molar-refractivity contribution in [3.63, 3.8) is 0 Å². The van der Waals surface area contributed by atoms with Crippen molar-refractivity contribution in [2.24, 2.45) is 0 Å². The lowest BCUT2D eigenvalue weighted by Gasteiger charge is -2.44. The van der Waals surface area contributed by atoms with Gasteiger partial charge in [-0.15, -0.1) is 0 Å². The van der Waals surface area contributed by atoms with Crippen LogP contribution in [-0.2, 0) is 14.3 Å². The van der Waals surface area contributed by atoms with Gasteiger partial charge in [0.2, 0.25) is 11.8 Å². The van der Waals surface area contributed by atoms with E-state index in [1.54, 1.807) is 12.0 Å². The third-order valence-electron chi connectivity index (χ3n) is 4.30. The first kappa shape index (κ1) is 14.3. The zero-order valence-electron chi connectivity index (χ0n) is 11.9. The quantitative estimate of drug-likeness (QED) is 0.759. The van der Waals surface area contributed by atoms with E-state index in [4.69, 9.17) is 4.74 Å². The summed E-state index contributed by atoms with van der Waals surface area (Å²) in [4.78, 5) is 26.7. The van der Waals surface area contributed by atoms with E-state index in [1.807, 2.05) is 6.92 Å². The summed E-state index contributed by atoms with van der Waals surface area (Å²) in [6.07, 6.45) is 5.07. The summed E-state index contributed by atoms with van der Waals surface area (Å²) >= 11 is 0. The van der Waals surface area contributed by atoms with Gasteiger partial charge in [0, 0.05) is 20.3 Å². The van der Waals surface area contributed by atoms with Gasteiger partial charge < -0.3 is 15.0 Å². The molecule has 1 heterocycles. The molecule has 2 fully saturated rings. The van der Waals surface area contributed by atoms with Crippen molar-refractivity contribution in [3.8, 4) is 0 Å². The minimum absolute atomic E-state index is 0.0152. The molecule has 108 valence electrons. The number of carbonyl (C=O) groups is 2. The van der Waals surface area contributed by atoms with Crippen LogP contribution in [0.2, 0.25) is 0 Å². The summed E-state index contributed by atoms with van der Waals surface area (Å²) in [5, 5.41) is 3.00. The first-order valence-corrected chi connectivity index (χ1v) is 7.26. The first-order valence-electron chi connectivity index (χ1n) is 7.26. The van der Waals surface area contributed by atoms with Gasteiger partial charge in [-0.3, -0.25) is 9.59 Å². The van der Waals surface area contributed by atoms with Gasteiger partial charge in [-0.1, -0.05) is 19.8 Å². The van der Waals surface area contributed by atoms with Crippen LogP contribution >= 0.6 is 0 Å². The Bertz CT molecular complexity index is 351. The topological polar surface area (TPSA) is 58.6 Å². The lowest BCUT2D eigenvalue weighted by molar-refractivity contribution is -0.155. The van der Waals surface area contributed by atoms with Gasteiger partial charge in [0.15, 0.2) is 0 Å². The number of piperazine rings is 1. The van der Waals surface area contributed by atoms with E-state index >= 15 is 0 Å².